The summed E-state index contributed by atoms with van der Waals surface area (Å²) in [4.78, 5) is 16.9. The number of aryl methyl sites for hydroxylation is 1. The van der Waals surface area contributed by atoms with E-state index in [0.717, 1.165) is 38.3 Å². The minimum atomic E-state index is -0.352. The van der Waals surface area contributed by atoms with Crippen LogP contribution < -0.4 is 5.32 Å². The summed E-state index contributed by atoms with van der Waals surface area (Å²) in [6.45, 7) is 6.93. The van der Waals surface area contributed by atoms with Crippen molar-refractivity contribution in [3.63, 3.8) is 0 Å². The van der Waals surface area contributed by atoms with Gasteiger partial charge in [-0.3, -0.25) is 4.90 Å². The fraction of sp³-hybridized carbons (Fsp3) is 0.409. The largest absolute Gasteiger partial charge is 0.445 e. The van der Waals surface area contributed by atoms with Crippen LogP contribution >= 0.6 is 0 Å². The number of carbonyl (C=O) groups is 1. The second-order valence-electron chi connectivity index (χ2n) is 7.39. The molecule has 1 fully saturated rings. The molecule has 1 heterocycles. The Morgan fingerprint density at radius 2 is 1.85 bits per heavy atom. The zero-order chi connectivity index (χ0) is 19.1. The lowest BCUT2D eigenvalue weighted by atomic mass is 10.1. The molecule has 1 N–H and O–H groups in total. The third-order valence-electron chi connectivity index (χ3n) is 4.83. The first-order valence-electron chi connectivity index (χ1n) is 9.52. The predicted molar refractivity (Wildman–Crippen MR) is 108 cm³/mol. The van der Waals surface area contributed by atoms with Crippen LogP contribution in [0.1, 0.15) is 16.7 Å². The van der Waals surface area contributed by atoms with E-state index in [0.29, 0.717) is 6.61 Å². The van der Waals surface area contributed by atoms with E-state index in [9.17, 15) is 4.79 Å². The molecule has 0 spiro atoms. The maximum absolute atomic E-state index is 12.2. The highest BCUT2D eigenvalue weighted by atomic mass is 16.5. The monoisotopic (exact) mass is 367 g/mol. The average Bonchev–Trinajstić information content (AvgIpc) is 2.82. The van der Waals surface area contributed by atoms with Crippen molar-refractivity contribution in [3.05, 3.63) is 71.3 Å². The van der Waals surface area contributed by atoms with Crippen LogP contribution in [0.3, 0.4) is 0 Å². The Balaban J connectivity index is 1.54. The van der Waals surface area contributed by atoms with Crippen LogP contribution in [0, 0.1) is 6.92 Å². The van der Waals surface area contributed by atoms with Gasteiger partial charge in [0.05, 0.1) is 6.04 Å². The molecule has 1 aliphatic rings. The molecule has 1 aliphatic heterocycles. The van der Waals surface area contributed by atoms with Gasteiger partial charge in [-0.2, -0.15) is 0 Å². The number of carbonyl (C=O) groups excluding carboxylic acids is 1. The standard InChI is InChI=1S/C22H29N3O2/c1-18-7-6-10-20(13-18)14-25-12-11-24(2)15-21(16-25)23-22(26)27-17-19-8-4-3-5-9-19/h3-10,13,21H,11-12,14-17H2,1-2H3,(H,23,26)/t21-/m1/s1. The van der Waals surface area contributed by atoms with E-state index >= 15 is 0 Å². The Labute approximate surface area is 161 Å². The highest BCUT2D eigenvalue weighted by molar-refractivity contribution is 5.67. The molecule has 0 saturated carbocycles. The van der Waals surface area contributed by atoms with Crippen molar-refractivity contribution < 1.29 is 9.53 Å². The van der Waals surface area contributed by atoms with Crippen LogP contribution in [0.5, 0.6) is 0 Å². The molecule has 3 rings (SSSR count). The lowest BCUT2D eigenvalue weighted by Gasteiger charge is -2.24. The molecule has 1 atom stereocenters. The Morgan fingerprint density at radius 1 is 1.07 bits per heavy atom. The summed E-state index contributed by atoms with van der Waals surface area (Å²) in [5, 5.41) is 3.04. The highest BCUT2D eigenvalue weighted by Crippen LogP contribution is 2.11. The van der Waals surface area contributed by atoms with Gasteiger partial charge in [-0.25, -0.2) is 4.79 Å². The summed E-state index contributed by atoms with van der Waals surface area (Å²) in [6.07, 6.45) is -0.352. The quantitative estimate of drug-likeness (QED) is 0.882. The molecule has 5 heteroatoms. The van der Waals surface area contributed by atoms with Gasteiger partial charge < -0.3 is 15.0 Å². The van der Waals surface area contributed by atoms with Crippen LogP contribution in [-0.2, 0) is 17.9 Å². The van der Waals surface area contributed by atoms with E-state index in [1.54, 1.807) is 0 Å². The minimum Gasteiger partial charge on any atom is -0.445 e. The molecule has 2 aromatic carbocycles. The maximum atomic E-state index is 12.2. The molecule has 2 aromatic rings. The molecule has 0 bridgehead atoms. The predicted octanol–water partition coefficient (Wildman–Crippen LogP) is 3.04. The molecule has 0 aromatic heterocycles. The van der Waals surface area contributed by atoms with Crippen LogP contribution in [0.2, 0.25) is 0 Å². The lowest BCUT2D eigenvalue weighted by molar-refractivity contribution is 0.131. The highest BCUT2D eigenvalue weighted by Gasteiger charge is 2.23. The summed E-state index contributed by atoms with van der Waals surface area (Å²) >= 11 is 0. The summed E-state index contributed by atoms with van der Waals surface area (Å²) in [7, 11) is 2.10. The van der Waals surface area contributed by atoms with E-state index in [4.69, 9.17) is 4.74 Å². The van der Waals surface area contributed by atoms with Crippen LogP contribution in [0.25, 0.3) is 0 Å². The minimum absolute atomic E-state index is 0.0468. The molecular weight excluding hydrogens is 338 g/mol. The normalized spacial score (nSPS) is 18.7. The number of alkyl carbamates (subject to hydrolysis) is 1. The van der Waals surface area contributed by atoms with Gasteiger partial charge in [-0.1, -0.05) is 60.2 Å². The van der Waals surface area contributed by atoms with Gasteiger partial charge in [0.1, 0.15) is 6.61 Å². The van der Waals surface area contributed by atoms with Crippen molar-refractivity contribution in [3.8, 4) is 0 Å². The summed E-state index contributed by atoms with van der Waals surface area (Å²) in [5.41, 5.74) is 3.58. The number of hydrogen-bond acceptors (Lipinski definition) is 4. The molecule has 0 aliphatic carbocycles. The van der Waals surface area contributed by atoms with Gasteiger partial charge in [0.2, 0.25) is 0 Å². The van der Waals surface area contributed by atoms with Crippen molar-refractivity contribution in [2.24, 2.45) is 0 Å². The van der Waals surface area contributed by atoms with Crippen LogP contribution in [0.4, 0.5) is 4.79 Å². The fourth-order valence-corrected chi connectivity index (χ4v) is 3.48. The van der Waals surface area contributed by atoms with Gasteiger partial charge in [0, 0.05) is 32.7 Å². The van der Waals surface area contributed by atoms with Gasteiger partial charge in [0.25, 0.3) is 0 Å². The number of hydrogen-bond donors (Lipinski definition) is 1. The molecule has 0 unspecified atom stereocenters. The summed E-state index contributed by atoms with van der Waals surface area (Å²) < 4.78 is 5.39. The van der Waals surface area contributed by atoms with E-state index in [-0.39, 0.29) is 12.1 Å². The Kier molecular flexibility index (Phi) is 6.85. The molecule has 0 radical (unpaired) electrons. The van der Waals surface area contributed by atoms with Crippen molar-refractivity contribution in [2.45, 2.75) is 26.1 Å². The number of ether oxygens (including phenoxy) is 1. The van der Waals surface area contributed by atoms with Crippen LogP contribution in [0.15, 0.2) is 54.6 Å². The number of amides is 1. The van der Waals surface area contributed by atoms with E-state index in [1.807, 2.05) is 30.3 Å². The number of likely N-dealkylation sites (N-methyl/N-ethyl adjacent to an activating group) is 1. The number of nitrogens with zero attached hydrogens (tertiary/aromatic N) is 2. The van der Waals surface area contributed by atoms with Crippen molar-refractivity contribution in [1.29, 1.82) is 0 Å². The second-order valence-corrected chi connectivity index (χ2v) is 7.39. The van der Waals surface area contributed by atoms with Gasteiger partial charge >= 0.3 is 6.09 Å². The zero-order valence-corrected chi connectivity index (χ0v) is 16.2. The molecule has 5 nitrogen and oxygen atoms in total. The number of benzene rings is 2. The van der Waals surface area contributed by atoms with Crippen molar-refractivity contribution in [1.82, 2.24) is 15.1 Å². The average molecular weight is 367 g/mol. The van der Waals surface area contributed by atoms with E-state index in [1.165, 1.54) is 11.1 Å². The first kappa shape index (κ1) is 19.4. The Morgan fingerprint density at radius 3 is 2.63 bits per heavy atom. The SMILES string of the molecule is Cc1cccc(CN2CCN(C)C[C@@H](NC(=O)OCc3ccccc3)C2)c1. The summed E-state index contributed by atoms with van der Waals surface area (Å²) in [6, 6.07) is 18.4. The molecular formula is C22H29N3O2. The lowest BCUT2D eigenvalue weighted by Crippen LogP contribution is -2.46. The number of rotatable bonds is 5. The van der Waals surface area contributed by atoms with Gasteiger partial charge in [0.15, 0.2) is 0 Å². The van der Waals surface area contributed by atoms with Crippen LogP contribution in [-0.4, -0.2) is 55.2 Å². The van der Waals surface area contributed by atoms with Crippen molar-refractivity contribution in [2.75, 3.05) is 33.2 Å². The molecule has 144 valence electrons. The summed E-state index contributed by atoms with van der Waals surface area (Å²) in [5.74, 6) is 0. The third kappa shape index (κ3) is 6.38. The van der Waals surface area contributed by atoms with Gasteiger partial charge in [-0.15, -0.1) is 0 Å². The molecule has 27 heavy (non-hydrogen) atoms. The fourth-order valence-electron chi connectivity index (χ4n) is 3.48. The third-order valence-corrected chi connectivity index (χ3v) is 4.83. The van der Waals surface area contributed by atoms with E-state index < -0.39 is 0 Å². The second kappa shape index (κ2) is 9.53. The molecule has 1 amide bonds. The Hall–Kier alpha value is -2.37. The van der Waals surface area contributed by atoms with Gasteiger partial charge in [-0.05, 0) is 25.1 Å². The Bertz CT molecular complexity index is 735. The van der Waals surface area contributed by atoms with E-state index in [2.05, 4.69) is 53.4 Å². The molecule has 1 saturated heterocycles. The smallest absolute Gasteiger partial charge is 0.407 e. The maximum Gasteiger partial charge on any atom is 0.407 e. The number of nitrogens with one attached hydrogen (secondary N) is 1. The van der Waals surface area contributed by atoms with Crippen molar-refractivity contribution >= 4 is 6.09 Å². The topological polar surface area (TPSA) is 44.8 Å². The first-order valence-corrected chi connectivity index (χ1v) is 9.52. The first-order chi connectivity index (χ1) is 13.1. The zero-order valence-electron chi connectivity index (χ0n) is 16.2.